The average Bonchev–Trinajstić information content (AvgIpc) is 3.26. The maximum atomic E-state index is 12.1. The highest BCUT2D eigenvalue weighted by Crippen LogP contribution is 2.22. The first-order chi connectivity index (χ1) is 11.7. The Labute approximate surface area is 144 Å². The van der Waals surface area contributed by atoms with Crippen molar-refractivity contribution in [2.24, 2.45) is 5.92 Å². The van der Waals surface area contributed by atoms with Crippen LogP contribution in [-0.4, -0.2) is 32.2 Å². The van der Waals surface area contributed by atoms with Gasteiger partial charge >= 0.3 is 0 Å². The zero-order valence-electron chi connectivity index (χ0n) is 13.4. The van der Waals surface area contributed by atoms with Crippen LogP contribution in [0.1, 0.15) is 12.6 Å². The lowest BCUT2D eigenvalue weighted by Gasteiger charge is -2.12. The van der Waals surface area contributed by atoms with E-state index in [0.29, 0.717) is 18.9 Å². The first-order valence-corrected chi connectivity index (χ1v) is 8.67. The molecule has 0 spiro atoms. The van der Waals surface area contributed by atoms with E-state index < -0.39 is 0 Å². The molecule has 6 nitrogen and oxygen atoms in total. The predicted octanol–water partition coefficient (Wildman–Crippen LogP) is 2.40. The number of hydrogen-bond donors (Lipinski definition) is 1. The molecule has 0 saturated carbocycles. The van der Waals surface area contributed by atoms with Crippen LogP contribution in [0.15, 0.2) is 48.4 Å². The molecule has 7 heteroatoms. The van der Waals surface area contributed by atoms with Crippen LogP contribution < -0.4 is 5.32 Å². The molecule has 1 amide bonds. The highest BCUT2D eigenvalue weighted by atomic mass is 32.1. The number of aromatic nitrogens is 4. The molecule has 24 heavy (non-hydrogen) atoms. The molecule has 0 saturated heterocycles. The minimum absolute atomic E-state index is 0.00893. The Bertz CT molecular complexity index is 769. The van der Waals surface area contributed by atoms with Gasteiger partial charge in [0.25, 0.3) is 0 Å². The van der Waals surface area contributed by atoms with Gasteiger partial charge in [0, 0.05) is 48.8 Å². The molecular weight excluding hydrogens is 322 g/mol. The number of nitrogens with one attached hydrogen (secondary N) is 1. The van der Waals surface area contributed by atoms with Gasteiger partial charge in [-0.15, -0.1) is 11.3 Å². The van der Waals surface area contributed by atoms with Crippen molar-refractivity contribution in [2.75, 3.05) is 6.54 Å². The summed E-state index contributed by atoms with van der Waals surface area (Å²) in [6.45, 7) is 3.50. The average molecular weight is 341 g/mol. The minimum Gasteiger partial charge on any atom is -0.355 e. The van der Waals surface area contributed by atoms with Crippen LogP contribution in [0.25, 0.3) is 10.6 Å². The van der Waals surface area contributed by atoms with Crippen LogP contribution in [0, 0.1) is 5.92 Å². The molecule has 0 aliphatic heterocycles. The Morgan fingerprint density at radius 2 is 2.29 bits per heavy atom. The number of pyridine rings is 1. The van der Waals surface area contributed by atoms with Crippen molar-refractivity contribution in [1.29, 1.82) is 0 Å². The number of nitrogens with zero attached hydrogens (tertiary/aromatic N) is 4. The number of amides is 1. The summed E-state index contributed by atoms with van der Waals surface area (Å²) in [6.07, 6.45) is 7.49. The third kappa shape index (κ3) is 4.48. The summed E-state index contributed by atoms with van der Waals surface area (Å²) in [4.78, 5) is 20.7. The maximum Gasteiger partial charge on any atom is 0.226 e. The Morgan fingerprint density at radius 3 is 3.04 bits per heavy atom. The molecule has 0 aliphatic carbocycles. The van der Waals surface area contributed by atoms with Crippen LogP contribution in [0.4, 0.5) is 0 Å². The van der Waals surface area contributed by atoms with E-state index in [2.05, 4.69) is 27.3 Å². The molecule has 3 rings (SSSR count). The smallest absolute Gasteiger partial charge is 0.226 e. The Morgan fingerprint density at radius 1 is 1.38 bits per heavy atom. The van der Waals surface area contributed by atoms with Gasteiger partial charge in [0.05, 0.1) is 12.1 Å². The van der Waals surface area contributed by atoms with Gasteiger partial charge in [-0.05, 0) is 24.1 Å². The van der Waals surface area contributed by atoms with E-state index in [0.717, 1.165) is 22.8 Å². The van der Waals surface area contributed by atoms with E-state index in [9.17, 15) is 4.79 Å². The third-order valence-electron chi connectivity index (χ3n) is 3.51. The van der Waals surface area contributed by atoms with Crippen molar-refractivity contribution in [2.45, 2.75) is 19.9 Å². The van der Waals surface area contributed by atoms with Crippen LogP contribution in [0.3, 0.4) is 0 Å². The van der Waals surface area contributed by atoms with Gasteiger partial charge in [-0.1, -0.05) is 6.92 Å². The molecule has 1 atom stereocenters. The fraction of sp³-hybridized carbons (Fsp3) is 0.294. The minimum atomic E-state index is -0.00893. The normalized spacial score (nSPS) is 12.0. The lowest BCUT2D eigenvalue weighted by molar-refractivity contribution is -0.120. The molecule has 0 aliphatic rings. The fourth-order valence-electron chi connectivity index (χ4n) is 2.32. The van der Waals surface area contributed by atoms with E-state index in [1.807, 2.05) is 34.5 Å². The number of rotatable bonds is 7. The summed E-state index contributed by atoms with van der Waals surface area (Å²) in [6, 6.07) is 5.74. The highest BCUT2D eigenvalue weighted by molar-refractivity contribution is 7.13. The molecule has 0 fully saturated rings. The monoisotopic (exact) mass is 341 g/mol. The first kappa shape index (κ1) is 16.3. The molecule has 0 bridgehead atoms. The van der Waals surface area contributed by atoms with E-state index >= 15 is 0 Å². The Balaban J connectivity index is 1.47. The number of carbonyl (C=O) groups excluding carboxylic acids is 1. The van der Waals surface area contributed by atoms with Crippen molar-refractivity contribution in [3.63, 3.8) is 0 Å². The van der Waals surface area contributed by atoms with Crippen molar-refractivity contribution < 1.29 is 4.79 Å². The summed E-state index contributed by atoms with van der Waals surface area (Å²) >= 11 is 1.53. The summed E-state index contributed by atoms with van der Waals surface area (Å²) in [7, 11) is 0. The van der Waals surface area contributed by atoms with Gasteiger partial charge in [0.15, 0.2) is 0 Å². The first-order valence-electron chi connectivity index (χ1n) is 7.79. The van der Waals surface area contributed by atoms with E-state index in [1.54, 1.807) is 18.6 Å². The third-order valence-corrected chi connectivity index (χ3v) is 4.45. The molecular formula is C17H19N5OS. The maximum absolute atomic E-state index is 12.1. The SMILES string of the molecule is C[C@@H](CNC(=O)Cc1csc(-c2cccnc2)n1)Cn1cccn1. The second-order valence-corrected chi connectivity index (χ2v) is 6.56. The molecule has 0 radical (unpaired) electrons. The quantitative estimate of drug-likeness (QED) is 0.716. The second-order valence-electron chi connectivity index (χ2n) is 5.70. The Kier molecular flexibility index (Phi) is 5.32. The van der Waals surface area contributed by atoms with Gasteiger partial charge in [-0.2, -0.15) is 5.10 Å². The van der Waals surface area contributed by atoms with Crippen molar-refractivity contribution in [1.82, 2.24) is 25.1 Å². The zero-order valence-corrected chi connectivity index (χ0v) is 14.2. The molecule has 0 unspecified atom stereocenters. The van der Waals surface area contributed by atoms with Gasteiger partial charge in [-0.25, -0.2) is 4.98 Å². The fourth-order valence-corrected chi connectivity index (χ4v) is 3.13. The topological polar surface area (TPSA) is 72.7 Å². The largest absolute Gasteiger partial charge is 0.355 e. The summed E-state index contributed by atoms with van der Waals surface area (Å²) < 4.78 is 1.87. The standard InChI is InChI=1S/C17H19N5OS/c1-13(11-22-7-3-6-20-22)9-19-16(23)8-15-12-24-17(21-15)14-4-2-5-18-10-14/h2-7,10,12-13H,8-9,11H2,1H3,(H,19,23)/t13-/m0/s1. The van der Waals surface area contributed by atoms with E-state index in [-0.39, 0.29) is 5.91 Å². The number of thiazole rings is 1. The summed E-state index contributed by atoms with van der Waals surface area (Å²) in [5, 5.41) is 9.95. The lowest BCUT2D eigenvalue weighted by atomic mass is 10.2. The number of hydrogen-bond acceptors (Lipinski definition) is 5. The van der Waals surface area contributed by atoms with Crippen molar-refractivity contribution in [3.05, 3.63) is 54.1 Å². The highest BCUT2D eigenvalue weighted by Gasteiger charge is 2.10. The zero-order chi connectivity index (χ0) is 16.8. The Hall–Kier alpha value is -2.54. The molecule has 3 aromatic heterocycles. The van der Waals surface area contributed by atoms with Crippen LogP contribution >= 0.6 is 11.3 Å². The second kappa shape index (κ2) is 7.83. The molecule has 0 aromatic carbocycles. The molecule has 3 aromatic rings. The number of carbonyl (C=O) groups is 1. The van der Waals surface area contributed by atoms with Gasteiger partial charge in [0.1, 0.15) is 5.01 Å². The van der Waals surface area contributed by atoms with Crippen molar-refractivity contribution in [3.8, 4) is 10.6 Å². The molecule has 1 N–H and O–H groups in total. The molecule has 3 heterocycles. The molecule has 124 valence electrons. The van der Waals surface area contributed by atoms with Gasteiger partial charge in [0.2, 0.25) is 5.91 Å². The van der Waals surface area contributed by atoms with Crippen LogP contribution in [-0.2, 0) is 17.8 Å². The lowest BCUT2D eigenvalue weighted by Crippen LogP contribution is -2.31. The van der Waals surface area contributed by atoms with Gasteiger partial charge in [-0.3, -0.25) is 14.5 Å². The van der Waals surface area contributed by atoms with E-state index in [1.165, 1.54) is 11.3 Å². The van der Waals surface area contributed by atoms with Gasteiger partial charge < -0.3 is 5.32 Å². The summed E-state index contributed by atoms with van der Waals surface area (Å²) in [5.74, 6) is 0.306. The van der Waals surface area contributed by atoms with Crippen LogP contribution in [0.5, 0.6) is 0 Å². The van der Waals surface area contributed by atoms with Crippen molar-refractivity contribution >= 4 is 17.2 Å². The van der Waals surface area contributed by atoms with Crippen LogP contribution in [0.2, 0.25) is 0 Å². The summed E-state index contributed by atoms with van der Waals surface area (Å²) in [5.41, 5.74) is 1.76. The predicted molar refractivity (Wildman–Crippen MR) is 93.4 cm³/mol. The van der Waals surface area contributed by atoms with E-state index in [4.69, 9.17) is 0 Å².